The third-order valence-electron chi connectivity index (χ3n) is 2.39. The van der Waals surface area contributed by atoms with E-state index in [0.29, 0.717) is 6.42 Å². The van der Waals surface area contributed by atoms with Crippen LogP contribution in [0, 0.1) is 11.2 Å². The number of Topliss-reactive ketones (excluding diaryl/α,β-unsaturated/α-hetero) is 1. The van der Waals surface area contributed by atoms with E-state index in [-0.39, 0.29) is 16.8 Å². The molecule has 2 heteroatoms. The number of hydrogen-bond acceptors (Lipinski definition) is 1. The predicted molar refractivity (Wildman–Crippen MR) is 64.2 cm³/mol. The van der Waals surface area contributed by atoms with Crippen molar-refractivity contribution in [1.29, 1.82) is 0 Å². The van der Waals surface area contributed by atoms with Crippen LogP contribution in [0.3, 0.4) is 0 Å². The van der Waals surface area contributed by atoms with Crippen LogP contribution in [0.5, 0.6) is 0 Å². The summed E-state index contributed by atoms with van der Waals surface area (Å²) >= 11 is 0. The Balaban J connectivity index is 2.96. The lowest BCUT2D eigenvalue weighted by atomic mass is 9.87. The van der Waals surface area contributed by atoms with Gasteiger partial charge in [0.25, 0.3) is 0 Å². The molecule has 0 radical (unpaired) electrons. The molecule has 0 saturated carbocycles. The second-order valence-corrected chi connectivity index (χ2v) is 5.33. The van der Waals surface area contributed by atoms with Gasteiger partial charge in [-0.25, -0.2) is 4.39 Å². The molecule has 0 fully saturated rings. The fraction of sp³-hybridized carbons (Fsp3) is 0.500. The second-order valence-electron chi connectivity index (χ2n) is 5.33. The smallest absolute Gasteiger partial charge is 0.165 e. The third kappa shape index (κ3) is 3.44. The van der Waals surface area contributed by atoms with E-state index in [1.54, 1.807) is 13.0 Å². The van der Waals surface area contributed by atoms with Gasteiger partial charge in [0.05, 0.1) is 5.56 Å². The third-order valence-corrected chi connectivity index (χ3v) is 2.39. The molecule has 0 aliphatic carbocycles. The van der Waals surface area contributed by atoms with Crippen LogP contribution < -0.4 is 0 Å². The molecule has 0 unspecified atom stereocenters. The summed E-state index contributed by atoms with van der Waals surface area (Å²) in [6.07, 6.45) is 1.15. The van der Waals surface area contributed by atoms with Crippen LogP contribution in [-0.4, -0.2) is 5.78 Å². The van der Waals surface area contributed by atoms with Crippen LogP contribution in [0.1, 0.15) is 50.0 Å². The van der Waals surface area contributed by atoms with Crippen molar-refractivity contribution in [2.75, 3.05) is 0 Å². The fourth-order valence-corrected chi connectivity index (χ4v) is 1.70. The zero-order valence-electron chi connectivity index (χ0n) is 10.4. The highest BCUT2D eigenvalue weighted by atomic mass is 19.1. The highest BCUT2D eigenvalue weighted by molar-refractivity contribution is 5.96. The predicted octanol–water partition coefficient (Wildman–Crippen LogP) is 4.01. The first-order valence-electron chi connectivity index (χ1n) is 5.65. The number of carbonyl (C=O) groups excluding carboxylic acids is 1. The Labute approximate surface area is 96.7 Å². The molecule has 1 rings (SSSR count). The maximum absolute atomic E-state index is 13.6. The molecule has 0 amide bonds. The van der Waals surface area contributed by atoms with Crippen LogP contribution in [-0.2, 0) is 6.42 Å². The van der Waals surface area contributed by atoms with Crippen molar-refractivity contribution >= 4 is 5.78 Å². The Morgan fingerprint density at radius 2 is 1.94 bits per heavy atom. The normalized spacial score (nSPS) is 11.6. The van der Waals surface area contributed by atoms with E-state index in [9.17, 15) is 9.18 Å². The molecule has 0 aliphatic heterocycles. The van der Waals surface area contributed by atoms with Gasteiger partial charge in [-0.15, -0.1) is 0 Å². The lowest BCUT2D eigenvalue weighted by Gasteiger charge is -2.18. The Morgan fingerprint density at radius 1 is 1.31 bits per heavy atom. The summed E-state index contributed by atoms with van der Waals surface area (Å²) in [6.45, 7) is 8.06. The Morgan fingerprint density at radius 3 is 2.38 bits per heavy atom. The standard InChI is InChI=1S/C14H19FO/c1-5-13(16)11-7-6-10(8-12(11)15)9-14(2,3)4/h6-8H,5,9H2,1-4H3. The summed E-state index contributed by atoms with van der Waals surface area (Å²) in [7, 11) is 0. The molecule has 0 spiro atoms. The lowest BCUT2D eigenvalue weighted by molar-refractivity contribution is 0.0984. The average Bonchev–Trinajstić information content (AvgIpc) is 2.14. The minimum atomic E-state index is -0.395. The van der Waals surface area contributed by atoms with Crippen molar-refractivity contribution < 1.29 is 9.18 Å². The van der Waals surface area contributed by atoms with Crippen LogP contribution in [0.2, 0.25) is 0 Å². The van der Waals surface area contributed by atoms with Crippen molar-refractivity contribution in [2.45, 2.75) is 40.5 Å². The van der Waals surface area contributed by atoms with Gasteiger partial charge in [-0.05, 0) is 29.5 Å². The Hall–Kier alpha value is -1.18. The number of benzene rings is 1. The fourth-order valence-electron chi connectivity index (χ4n) is 1.70. The molecule has 88 valence electrons. The van der Waals surface area contributed by atoms with Gasteiger partial charge in [-0.3, -0.25) is 4.79 Å². The van der Waals surface area contributed by atoms with E-state index in [4.69, 9.17) is 0 Å². The van der Waals surface area contributed by atoms with Crippen LogP contribution in [0.15, 0.2) is 18.2 Å². The minimum absolute atomic E-state index is 0.128. The summed E-state index contributed by atoms with van der Waals surface area (Å²) < 4.78 is 13.6. The van der Waals surface area contributed by atoms with E-state index in [0.717, 1.165) is 12.0 Å². The molecule has 0 aromatic heterocycles. The van der Waals surface area contributed by atoms with Gasteiger partial charge in [0.1, 0.15) is 5.82 Å². The summed E-state index contributed by atoms with van der Waals surface area (Å²) in [5.74, 6) is -0.534. The van der Waals surface area contributed by atoms with E-state index in [2.05, 4.69) is 20.8 Å². The molecule has 0 aliphatic rings. The molecule has 0 saturated heterocycles. The van der Waals surface area contributed by atoms with Crippen molar-refractivity contribution in [1.82, 2.24) is 0 Å². The summed E-state index contributed by atoms with van der Waals surface area (Å²) in [5, 5.41) is 0. The number of halogens is 1. The molecule has 0 N–H and O–H groups in total. The molecule has 0 bridgehead atoms. The van der Waals surface area contributed by atoms with Gasteiger partial charge >= 0.3 is 0 Å². The zero-order chi connectivity index (χ0) is 12.3. The first-order valence-corrected chi connectivity index (χ1v) is 5.65. The van der Waals surface area contributed by atoms with Gasteiger partial charge in [-0.1, -0.05) is 33.8 Å². The monoisotopic (exact) mass is 222 g/mol. The number of ketones is 1. The highest BCUT2D eigenvalue weighted by Gasteiger charge is 2.14. The summed E-state index contributed by atoms with van der Waals surface area (Å²) in [5.41, 5.74) is 1.28. The molecular formula is C14H19FO. The van der Waals surface area contributed by atoms with Crippen LogP contribution in [0.25, 0.3) is 0 Å². The lowest BCUT2D eigenvalue weighted by Crippen LogP contribution is -2.10. The summed E-state index contributed by atoms with van der Waals surface area (Å²) in [6, 6.07) is 4.92. The van der Waals surface area contributed by atoms with Gasteiger partial charge in [0.2, 0.25) is 0 Å². The molecular weight excluding hydrogens is 203 g/mol. The SMILES string of the molecule is CCC(=O)c1ccc(CC(C)(C)C)cc1F. The maximum Gasteiger partial charge on any atom is 0.165 e. The molecule has 0 atom stereocenters. The molecule has 1 aromatic carbocycles. The largest absolute Gasteiger partial charge is 0.294 e. The van der Waals surface area contributed by atoms with E-state index in [1.807, 2.05) is 6.07 Å². The second kappa shape index (κ2) is 4.77. The topological polar surface area (TPSA) is 17.1 Å². The Bertz CT molecular complexity index is 388. The minimum Gasteiger partial charge on any atom is -0.294 e. The van der Waals surface area contributed by atoms with Crippen molar-refractivity contribution in [3.63, 3.8) is 0 Å². The van der Waals surface area contributed by atoms with E-state index >= 15 is 0 Å². The van der Waals surface area contributed by atoms with E-state index in [1.165, 1.54) is 6.07 Å². The number of carbonyl (C=O) groups is 1. The maximum atomic E-state index is 13.6. The number of hydrogen-bond donors (Lipinski definition) is 0. The first-order chi connectivity index (χ1) is 7.33. The van der Waals surface area contributed by atoms with Crippen LogP contribution in [0.4, 0.5) is 4.39 Å². The molecule has 1 nitrogen and oxygen atoms in total. The van der Waals surface area contributed by atoms with Crippen molar-refractivity contribution in [3.8, 4) is 0 Å². The van der Waals surface area contributed by atoms with Gasteiger partial charge in [0, 0.05) is 6.42 Å². The summed E-state index contributed by atoms with van der Waals surface area (Å²) in [4.78, 5) is 11.4. The quantitative estimate of drug-likeness (QED) is 0.706. The number of rotatable bonds is 3. The average molecular weight is 222 g/mol. The Kier molecular flexibility index (Phi) is 3.84. The first kappa shape index (κ1) is 12.9. The molecule has 1 aromatic rings. The van der Waals surface area contributed by atoms with Crippen molar-refractivity contribution in [3.05, 3.63) is 35.1 Å². The van der Waals surface area contributed by atoms with Gasteiger partial charge < -0.3 is 0 Å². The van der Waals surface area contributed by atoms with Crippen molar-refractivity contribution in [2.24, 2.45) is 5.41 Å². The van der Waals surface area contributed by atoms with Gasteiger partial charge in [0.15, 0.2) is 5.78 Å². The highest BCUT2D eigenvalue weighted by Crippen LogP contribution is 2.22. The van der Waals surface area contributed by atoms with E-state index < -0.39 is 5.82 Å². The molecule has 16 heavy (non-hydrogen) atoms. The zero-order valence-corrected chi connectivity index (χ0v) is 10.4. The van der Waals surface area contributed by atoms with Gasteiger partial charge in [-0.2, -0.15) is 0 Å². The molecule has 0 heterocycles. The van der Waals surface area contributed by atoms with Crippen LogP contribution >= 0.6 is 0 Å².